The van der Waals surface area contributed by atoms with E-state index in [4.69, 9.17) is 0 Å². The monoisotopic (exact) mass is 456 g/mol. The molecule has 0 spiro atoms. The first-order chi connectivity index (χ1) is 16.5. The Labute approximate surface area is 211 Å². The molecule has 0 radical (unpaired) electrons. The van der Waals surface area contributed by atoms with Crippen molar-refractivity contribution >= 4 is 16.3 Å². The van der Waals surface area contributed by atoms with Crippen LogP contribution in [0.4, 0.5) is 0 Å². The smallest absolute Gasteiger partial charge is 0.0155 e. The lowest BCUT2D eigenvalue weighted by Crippen LogP contribution is -1.90. The van der Waals surface area contributed by atoms with E-state index in [2.05, 4.69) is 133 Å². The van der Waals surface area contributed by atoms with Gasteiger partial charge in [-0.05, 0) is 66.1 Å². The lowest BCUT2D eigenvalue weighted by Gasteiger charge is -2.09. The van der Waals surface area contributed by atoms with Gasteiger partial charge in [-0.2, -0.15) is 0 Å². The molecule has 0 aliphatic heterocycles. The van der Waals surface area contributed by atoms with Crippen LogP contribution in [0.2, 0.25) is 0 Å². The molecule has 0 saturated heterocycles. The Hall–Kier alpha value is -2.86. The van der Waals surface area contributed by atoms with Gasteiger partial charge in [0, 0.05) is 0 Å². The average Bonchev–Trinajstić information content (AvgIpc) is 2.89. The number of rotatable bonds is 5. The number of hydrogen-bond donors (Lipinski definition) is 0. The van der Waals surface area contributed by atoms with Crippen molar-refractivity contribution in [2.45, 2.75) is 81.6 Å². The summed E-state index contributed by atoms with van der Waals surface area (Å²) in [4.78, 5) is 0. The van der Waals surface area contributed by atoms with Crippen LogP contribution in [-0.4, -0.2) is 0 Å². The molecule has 3 aromatic carbocycles. The zero-order valence-electron chi connectivity index (χ0n) is 23.4. The van der Waals surface area contributed by atoms with Crippen LogP contribution < -0.4 is 0 Å². The largest absolute Gasteiger partial charge is 0.0876 e. The van der Waals surface area contributed by atoms with Crippen molar-refractivity contribution in [1.82, 2.24) is 0 Å². The van der Waals surface area contributed by atoms with Crippen molar-refractivity contribution in [3.8, 4) is 0 Å². The van der Waals surface area contributed by atoms with Crippen LogP contribution in [0.3, 0.4) is 0 Å². The first kappa shape index (κ1) is 31.1. The molecule has 0 aromatic heterocycles. The zero-order chi connectivity index (χ0) is 25.9. The Bertz CT molecular complexity index is 1020. The summed E-state index contributed by atoms with van der Waals surface area (Å²) in [5.74, 6) is 0.569. The molecule has 0 unspecified atom stereocenters. The molecule has 34 heavy (non-hydrogen) atoms. The Kier molecular flexibility index (Phi) is 17.0. The van der Waals surface area contributed by atoms with E-state index in [0.29, 0.717) is 5.92 Å². The lowest BCUT2D eigenvalue weighted by atomic mass is 9.96. The molecule has 0 saturated carbocycles. The van der Waals surface area contributed by atoms with Crippen molar-refractivity contribution in [2.24, 2.45) is 0 Å². The maximum atomic E-state index is 2.30. The highest BCUT2D eigenvalue weighted by molar-refractivity contribution is 5.85. The zero-order valence-corrected chi connectivity index (χ0v) is 23.4. The molecule has 0 fully saturated rings. The molecular formula is C34H48. The highest BCUT2D eigenvalue weighted by Gasteiger charge is 2.03. The molecular weight excluding hydrogens is 408 g/mol. The Morgan fingerprint density at radius 2 is 1.47 bits per heavy atom. The van der Waals surface area contributed by atoms with Crippen LogP contribution in [-0.2, 0) is 0 Å². The fourth-order valence-corrected chi connectivity index (χ4v) is 3.26. The minimum absolute atomic E-state index is 0.569. The number of fused-ring (bicyclic) bond motifs is 1. The minimum atomic E-state index is 0.569. The van der Waals surface area contributed by atoms with E-state index in [1.165, 1.54) is 38.6 Å². The Balaban J connectivity index is 0.000000611. The fraction of sp³-hybridized carbons (Fsp3) is 0.353. The molecule has 0 N–H and O–H groups in total. The normalized spacial score (nSPS) is 11.3. The molecule has 184 valence electrons. The Morgan fingerprint density at radius 3 is 2.06 bits per heavy atom. The van der Waals surface area contributed by atoms with E-state index < -0.39 is 0 Å². The summed E-state index contributed by atoms with van der Waals surface area (Å²) in [6, 6.07) is 23.7. The van der Waals surface area contributed by atoms with Crippen LogP contribution in [0.5, 0.6) is 0 Å². The van der Waals surface area contributed by atoms with Gasteiger partial charge in [-0.3, -0.25) is 0 Å². The van der Waals surface area contributed by atoms with E-state index in [0.717, 1.165) is 6.42 Å². The summed E-state index contributed by atoms with van der Waals surface area (Å²) in [7, 11) is 0. The van der Waals surface area contributed by atoms with Gasteiger partial charge in [0.1, 0.15) is 0 Å². The van der Waals surface area contributed by atoms with Crippen molar-refractivity contribution in [1.29, 1.82) is 0 Å². The lowest BCUT2D eigenvalue weighted by molar-refractivity contribution is 0.866. The van der Waals surface area contributed by atoms with Crippen LogP contribution in [0, 0.1) is 6.92 Å². The second-order valence-electron chi connectivity index (χ2n) is 8.07. The first-order valence-electron chi connectivity index (χ1n) is 13.0. The van der Waals surface area contributed by atoms with Gasteiger partial charge in [-0.15, -0.1) is 0 Å². The summed E-state index contributed by atoms with van der Waals surface area (Å²) in [6.45, 7) is 21.1. The summed E-state index contributed by atoms with van der Waals surface area (Å²) in [6.07, 6.45) is 9.76. The van der Waals surface area contributed by atoms with Crippen LogP contribution in [0.25, 0.3) is 16.3 Å². The van der Waals surface area contributed by atoms with E-state index in [1.807, 2.05) is 27.7 Å². The summed E-state index contributed by atoms with van der Waals surface area (Å²) in [5, 5.41) is 2.68. The molecule has 0 bridgehead atoms. The van der Waals surface area contributed by atoms with Crippen LogP contribution in [0.15, 0.2) is 96.6 Å². The summed E-state index contributed by atoms with van der Waals surface area (Å²) in [5.41, 5.74) is 6.75. The van der Waals surface area contributed by atoms with Crippen molar-refractivity contribution in [3.63, 3.8) is 0 Å². The fourth-order valence-electron chi connectivity index (χ4n) is 3.26. The number of benzene rings is 3. The van der Waals surface area contributed by atoms with Crippen LogP contribution in [0.1, 0.15) is 91.3 Å². The minimum Gasteiger partial charge on any atom is -0.0876 e. The van der Waals surface area contributed by atoms with E-state index >= 15 is 0 Å². The van der Waals surface area contributed by atoms with Gasteiger partial charge < -0.3 is 0 Å². The van der Waals surface area contributed by atoms with Gasteiger partial charge in [0.05, 0.1) is 0 Å². The number of allylic oxidation sites excluding steroid dienone is 6. The van der Waals surface area contributed by atoms with E-state index in [1.54, 1.807) is 0 Å². The van der Waals surface area contributed by atoms with Gasteiger partial charge in [-0.1, -0.05) is 145 Å². The quantitative estimate of drug-likeness (QED) is 0.335. The summed E-state index contributed by atoms with van der Waals surface area (Å²) < 4.78 is 0. The van der Waals surface area contributed by atoms with Gasteiger partial charge in [-0.25, -0.2) is 0 Å². The molecule has 0 heterocycles. The average molecular weight is 457 g/mol. The van der Waals surface area contributed by atoms with Gasteiger partial charge in [0.25, 0.3) is 0 Å². The second-order valence-corrected chi connectivity index (χ2v) is 8.07. The maximum absolute atomic E-state index is 2.30. The van der Waals surface area contributed by atoms with E-state index in [9.17, 15) is 0 Å². The third-order valence-corrected chi connectivity index (χ3v) is 5.32. The van der Waals surface area contributed by atoms with Crippen molar-refractivity contribution in [2.75, 3.05) is 0 Å². The van der Waals surface area contributed by atoms with Crippen molar-refractivity contribution in [3.05, 3.63) is 113 Å². The molecule has 0 atom stereocenters. The molecule has 0 aliphatic carbocycles. The SMILES string of the molecule is CC.CC.C\C=C/C=C(\C=C(/C)CC)c1cccc(C(C)C)c1.Cc1cccc2ccccc12. The highest BCUT2D eigenvalue weighted by Crippen LogP contribution is 2.23. The molecule has 0 heteroatoms. The number of aryl methyl sites for hydroxylation is 1. The summed E-state index contributed by atoms with van der Waals surface area (Å²) >= 11 is 0. The number of hydrogen-bond acceptors (Lipinski definition) is 0. The molecule has 0 aliphatic rings. The van der Waals surface area contributed by atoms with Crippen LogP contribution >= 0.6 is 0 Å². The first-order valence-corrected chi connectivity index (χ1v) is 13.0. The highest BCUT2D eigenvalue weighted by atomic mass is 14.1. The molecule has 3 rings (SSSR count). The predicted octanol–water partition coefficient (Wildman–Crippen LogP) is 11.3. The third-order valence-electron chi connectivity index (χ3n) is 5.32. The van der Waals surface area contributed by atoms with E-state index in [-0.39, 0.29) is 0 Å². The van der Waals surface area contributed by atoms with Crippen molar-refractivity contribution < 1.29 is 0 Å². The van der Waals surface area contributed by atoms with Gasteiger partial charge in [0.2, 0.25) is 0 Å². The molecule has 0 amide bonds. The molecule has 3 aromatic rings. The van der Waals surface area contributed by atoms with Gasteiger partial charge in [0.15, 0.2) is 0 Å². The third kappa shape index (κ3) is 10.8. The maximum Gasteiger partial charge on any atom is -0.0155 e. The Morgan fingerprint density at radius 1 is 0.853 bits per heavy atom. The van der Waals surface area contributed by atoms with Gasteiger partial charge >= 0.3 is 0 Å². The second kappa shape index (κ2) is 18.6. The molecule has 0 nitrogen and oxygen atoms in total. The predicted molar refractivity (Wildman–Crippen MR) is 159 cm³/mol. The standard InChI is InChI=1S/C19H26.C11H10.2C2H6/c1-6-8-10-18(13-16(5)7-2)19-12-9-11-17(14-19)15(3)4;1-9-5-4-7-10-6-2-3-8-11(9)10;2*1-2/h6,8-15H,7H2,1-5H3;2-8H,1H3;2*1-2H3/b8-6-,16-13+,18-10+;;;. The topological polar surface area (TPSA) is 0 Å².